The largest absolute Gasteiger partial charge is 0.481 e. The molecule has 1 aromatic heterocycles. The standard InChI is InChI=1S/C11H17NO2S/c1-8(2)3-5-10-12-9(7-15-10)4-6-11(13)14/h7-8H,3-6H2,1-2H3,(H,13,14). The van der Waals surface area contributed by atoms with Crippen molar-refractivity contribution in [2.24, 2.45) is 5.92 Å². The van der Waals surface area contributed by atoms with Crippen LogP contribution in [-0.2, 0) is 17.6 Å². The molecule has 0 fully saturated rings. The van der Waals surface area contributed by atoms with E-state index in [-0.39, 0.29) is 6.42 Å². The summed E-state index contributed by atoms with van der Waals surface area (Å²) in [6.45, 7) is 4.39. The Morgan fingerprint density at radius 2 is 2.27 bits per heavy atom. The molecule has 84 valence electrons. The van der Waals surface area contributed by atoms with Crippen LogP contribution in [0, 0.1) is 5.92 Å². The maximum absolute atomic E-state index is 10.4. The Balaban J connectivity index is 2.38. The van der Waals surface area contributed by atoms with Crippen LogP contribution in [0.4, 0.5) is 0 Å². The van der Waals surface area contributed by atoms with E-state index in [1.165, 1.54) is 0 Å². The minimum absolute atomic E-state index is 0.174. The second kappa shape index (κ2) is 5.85. The average molecular weight is 227 g/mol. The monoisotopic (exact) mass is 227 g/mol. The Kier molecular flexibility index (Phi) is 4.75. The van der Waals surface area contributed by atoms with Crippen molar-refractivity contribution in [1.82, 2.24) is 4.98 Å². The van der Waals surface area contributed by atoms with Crippen molar-refractivity contribution >= 4 is 17.3 Å². The third-order valence-electron chi connectivity index (χ3n) is 2.13. The molecule has 0 aliphatic rings. The van der Waals surface area contributed by atoms with Gasteiger partial charge in [-0.15, -0.1) is 11.3 Å². The van der Waals surface area contributed by atoms with E-state index in [9.17, 15) is 4.79 Å². The van der Waals surface area contributed by atoms with E-state index >= 15 is 0 Å². The van der Waals surface area contributed by atoms with Crippen LogP contribution < -0.4 is 0 Å². The molecule has 0 radical (unpaired) electrons. The molecule has 0 amide bonds. The summed E-state index contributed by atoms with van der Waals surface area (Å²) < 4.78 is 0. The summed E-state index contributed by atoms with van der Waals surface area (Å²) in [5.41, 5.74) is 0.918. The van der Waals surface area contributed by atoms with Gasteiger partial charge in [0.1, 0.15) is 0 Å². The van der Waals surface area contributed by atoms with E-state index in [1.807, 2.05) is 5.38 Å². The van der Waals surface area contributed by atoms with Gasteiger partial charge in [-0.05, 0) is 18.8 Å². The summed E-state index contributed by atoms with van der Waals surface area (Å²) in [7, 11) is 0. The topological polar surface area (TPSA) is 50.2 Å². The zero-order chi connectivity index (χ0) is 11.3. The molecule has 0 spiro atoms. The first-order valence-corrected chi connectivity index (χ1v) is 6.11. The highest BCUT2D eigenvalue weighted by atomic mass is 32.1. The first kappa shape index (κ1) is 12.2. The smallest absolute Gasteiger partial charge is 0.303 e. The lowest BCUT2D eigenvalue weighted by atomic mass is 10.1. The summed E-state index contributed by atoms with van der Waals surface area (Å²) in [4.78, 5) is 14.8. The third-order valence-corrected chi connectivity index (χ3v) is 3.09. The van der Waals surface area contributed by atoms with Crippen molar-refractivity contribution in [3.8, 4) is 0 Å². The number of thiazole rings is 1. The van der Waals surface area contributed by atoms with Crippen LogP contribution in [0.25, 0.3) is 0 Å². The fourth-order valence-electron chi connectivity index (χ4n) is 1.23. The van der Waals surface area contributed by atoms with Crippen molar-refractivity contribution in [1.29, 1.82) is 0 Å². The van der Waals surface area contributed by atoms with Gasteiger partial charge in [-0.3, -0.25) is 4.79 Å². The van der Waals surface area contributed by atoms with Gasteiger partial charge < -0.3 is 5.11 Å². The predicted octanol–water partition coefficient (Wildman–Crippen LogP) is 2.75. The Hall–Kier alpha value is -0.900. The van der Waals surface area contributed by atoms with E-state index in [4.69, 9.17) is 5.11 Å². The molecule has 1 aromatic rings. The van der Waals surface area contributed by atoms with E-state index < -0.39 is 5.97 Å². The van der Waals surface area contributed by atoms with Crippen molar-refractivity contribution in [3.63, 3.8) is 0 Å². The molecule has 0 bridgehead atoms. The van der Waals surface area contributed by atoms with Gasteiger partial charge in [-0.2, -0.15) is 0 Å². The molecule has 0 aliphatic carbocycles. The molecule has 0 atom stereocenters. The third kappa shape index (κ3) is 4.93. The molecular formula is C11H17NO2S. The normalized spacial score (nSPS) is 10.9. The number of aromatic nitrogens is 1. The Labute approximate surface area is 94.2 Å². The molecule has 0 saturated carbocycles. The zero-order valence-electron chi connectivity index (χ0n) is 9.19. The van der Waals surface area contributed by atoms with Crippen LogP contribution in [-0.4, -0.2) is 16.1 Å². The van der Waals surface area contributed by atoms with Gasteiger partial charge in [0.25, 0.3) is 0 Å². The van der Waals surface area contributed by atoms with Gasteiger partial charge in [-0.25, -0.2) is 4.98 Å². The number of hydrogen-bond acceptors (Lipinski definition) is 3. The number of hydrogen-bond donors (Lipinski definition) is 1. The molecular weight excluding hydrogens is 210 g/mol. The van der Waals surface area contributed by atoms with Gasteiger partial charge in [-0.1, -0.05) is 13.8 Å². The lowest BCUT2D eigenvalue weighted by Gasteiger charge is -2.00. The molecule has 1 heterocycles. The molecule has 1 rings (SSSR count). The first-order valence-electron chi connectivity index (χ1n) is 5.23. The molecule has 0 unspecified atom stereocenters. The van der Waals surface area contributed by atoms with E-state index in [0.717, 1.165) is 23.5 Å². The van der Waals surface area contributed by atoms with Crippen molar-refractivity contribution in [2.45, 2.75) is 39.5 Å². The average Bonchev–Trinajstić information content (AvgIpc) is 2.59. The van der Waals surface area contributed by atoms with Gasteiger partial charge in [0, 0.05) is 11.8 Å². The predicted molar refractivity (Wildman–Crippen MR) is 61.2 cm³/mol. The summed E-state index contributed by atoms with van der Waals surface area (Å²) in [6.07, 6.45) is 2.88. The van der Waals surface area contributed by atoms with Crippen LogP contribution in [0.2, 0.25) is 0 Å². The summed E-state index contributed by atoms with van der Waals surface area (Å²) in [5.74, 6) is -0.0666. The highest BCUT2D eigenvalue weighted by molar-refractivity contribution is 7.09. The van der Waals surface area contributed by atoms with Crippen LogP contribution in [0.3, 0.4) is 0 Å². The van der Waals surface area contributed by atoms with E-state index in [2.05, 4.69) is 18.8 Å². The Bertz CT molecular complexity index is 320. The van der Waals surface area contributed by atoms with Crippen molar-refractivity contribution in [2.75, 3.05) is 0 Å². The van der Waals surface area contributed by atoms with Crippen molar-refractivity contribution < 1.29 is 9.90 Å². The van der Waals surface area contributed by atoms with Crippen LogP contribution in [0.5, 0.6) is 0 Å². The summed E-state index contributed by atoms with van der Waals surface area (Å²) in [6, 6.07) is 0. The van der Waals surface area contributed by atoms with Gasteiger partial charge in [0.05, 0.1) is 17.1 Å². The molecule has 1 N–H and O–H groups in total. The number of carboxylic acid groups (broad SMARTS) is 1. The molecule has 4 heteroatoms. The number of aryl methyl sites for hydroxylation is 2. The second-order valence-corrected chi connectivity index (χ2v) is 5.00. The Morgan fingerprint density at radius 1 is 1.53 bits per heavy atom. The molecule has 15 heavy (non-hydrogen) atoms. The Morgan fingerprint density at radius 3 is 2.87 bits per heavy atom. The number of nitrogens with zero attached hydrogens (tertiary/aromatic N) is 1. The van der Waals surface area contributed by atoms with Crippen LogP contribution in [0.15, 0.2) is 5.38 Å². The maximum Gasteiger partial charge on any atom is 0.303 e. The fraction of sp³-hybridized carbons (Fsp3) is 0.636. The minimum atomic E-state index is -0.758. The number of aliphatic carboxylic acids is 1. The molecule has 0 aromatic carbocycles. The van der Waals surface area contributed by atoms with Gasteiger partial charge in [0.15, 0.2) is 0 Å². The molecule has 0 aliphatic heterocycles. The second-order valence-electron chi connectivity index (χ2n) is 4.06. The number of rotatable bonds is 6. The zero-order valence-corrected chi connectivity index (χ0v) is 10.0. The van der Waals surface area contributed by atoms with Gasteiger partial charge in [0.2, 0.25) is 0 Å². The van der Waals surface area contributed by atoms with E-state index in [0.29, 0.717) is 12.3 Å². The molecule has 3 nitrogen and oxygen atoms in total. The lowest BCUT2D eigenvalue weighted by molar-refractivity contribution is -0.136. The number of carbonyl (C=O) groups is 1. The van der Waals surface area contributed by atoms with Crippen LogP contribution in [0.1, 0.15) is 37.4 Å². The maximum atomic E-state index is 10.4. The quantitative estimate of drug-likeness (QED) is 0.813. The van der Waals surface area contributed by atoms with Gasteiger partial charge >= 0.3 is 5.97 Å². The summed E-state index contributed by atoms with van der Waals surface area (Å²) >= 11 is 1.64. The highest BCUT2D eigenvalue weighted by Gasteiger charge is 2.05. The van der Waals surface area contributed by atoms with Crippen molar-refractivity contribution in [3.05, 3.63) is 16.1 Å². The number of carboxylic acids is 1. The fourth-order valence-corrected chi connectivity index (χ4v) is 2.07. The first-order chi connectivity index (χ1) is 7.08. The van der Waals surface area contributed by atoms with Crippen LogP contribution >= 0.6 is 11.3 Å². The lowest BCUT2D eigenvalue weighted by Crippen LogP contribution is -1.98. The summed E-state index contributed by atoms with van der Waals surface area (Å²) in [5, 5.41) is 11.6. The highest BCUT2D eigenvalue weighted by Crippen LogP contribution is 2.15. The molecule has 0 saturated heterocycles. The van der Waals surface area contributed by atoms with E-state index in [1.54, 1.807) is 11.3 Å². The SMILES string of the molecule is CC(C)CCc1nc(CCC(=O)O)cs1. The minimum Gasteiger partial charge on any atom is -0.481 e.